The Morgan fingerprint density at radius 1 is 1.16 bits per heavy atom. The number of nitrogens with zero attached hydrogens (tertiary/aromatic N) is 5. The van der Waals surface area contributed by atoms with Gasteiger partial charge < -0.3 is 4.57 Å². The van der Waals surface area contributed by atoms with Crippen molar-refractivity contribution < 1.29 is 0 Å². The number of hydrogen-bond acceptors (Lipinski definition) is 3. The SMILES string of the molecule is ClCCc1nc2cccnc2n1CCn1cccn1. The van der Waals surface area contributed by atoms with Crippen molar-refractivity contribution in [3.8, 4) is 0 Å². The second kappa shape index (κ2) is 5.40. The molecule has 19 heavy (non-hydrogen) atoms. The quantitative estimate of drug-likeness (QED) is 0.670. The molecule has 0 bridgehead atoms. The first-order valence-electron chi connectivity index (χ1n) is 6.22. The van der Waals surface area contributed by atoms with Gasteiger partial charge in [0.25, 0.3) is 0 Å². The number of imidazole rings is 1. The molecule has 0 radical (unpaired) electrons. The molecular formula is C13H14ClN5. The van der Waals surface area contributed by atoms with Crippen LogP contribution in [0.2, 0.25) is 0 Å². The van der Waals surface area contributed by atoms with Gasteiger partial charge in [0.2, 0.25) is 0 Å². The third-order valence-electron chi connectivity index (χ3n) is 3.01. The Bertz CT molecular complexity index is 659. The van der Waals surface area contributed by atoms with E-state index >= 15 is 0 Å². The molecule has 0 fully saturated rings. The Labute approximate surface area is 115 Å². The Morgan fingerprint density at radius 2 is 2.11 bits per heavy atom. The van der Waals surface area contributed by atoms with Crippen LogP contribution in [-0.4, -0.2) is 30.2 Å². The first-order chi connectivity index (χ1) is 9.38. The molecule has 0 aromatic carbocycles. The molecule has 5 nitrogen and oxygen atoms in total. The van der Waals surface area contributed by atoms with Crippen molar-refractivity contribution in [3.63, 3.8) is 0 Å². The van der Waals surface area contributed by atoms with Gasteiger partial charge in [0.05, 0.1) is 6.54 Å². The highest BCUT2D eigenvalue weighted by atomic mass is 35.5. The van der Waals surface area contributed by atoms with Crippen LogP contribution in [0, 0.1) is 0 Å². The summed E-state index contributed by atoms with van der Waals surface area (Å²) in [6, 6.07) is 5.80. The van der Waals surface area contributed by atoms with Gasteiger partial charge in [0, 0.05) is 37.4 Å². The van der Waals surface area contributed by atoms with E-state index in [0.29, 0.717) is 5.88 Å². The molecule has 0 saturated carbocycles. The van der Waals surface area contributed by atoms with Crippen LogP contribution in [-0.2, 0) is 19.5 Å². The molecule has 3 aromatic heterocycles. The average Bonchev–Trinajstić information content (AvgIpc) is 3.04. The molecule has 0 amide bonds. The zero-order chi connectivity index (χ0) is 13.1. The number of fused-ring (bicyclic) bond motifs is 1. The molecule has 0 saturated heterocycles. The standard InChI is InChI=1S/C13H14ClN5/c14-5-4-12-17-11-3-1-6-15-13(11)19(12)10-9-18-8-2-7-16-18/h1-3,6-8H,4-5,9-10H2. The second-order valence-corrected chi connectivity index (χ2v) is 4.61. The van der Waals surface area contributed by atoms with Gasteiger partial charge in [-0.25, -0.2) is 9.97 Å². The molecule has 0 N–H and O–H groups in total. The summed E-state index contributed by atoms with van der Waals surface area (Å²) in [5.41, 5.74) is 1.83. The van der Waals surface area contributed by atoms with Crippen LogP contribution < -0.4 is 0 Å². The monoisotopic (exact) mass is 275 g/mol. The summed E-state index contributed by atoms with van der Waals surface area (Å²) < 4.78 is 4.03. The highest BCUT2D eigenvalue weighted by Gasteiger charge is 2.10. The van der Waals surface area contributed by atoms with E-state index in [9.17, 15) is 0 Å². The van der Waals surface area contributed by atoms with Crippen molar-refractivity contribution in [3.05, 3.63) is 42.6 Å². The van der Waals surface area contributed by atoms with Crippen LogP contribution in [0.25, 0.3) is 11.2 Å². The van der Waals surface area contributed by atoms with Crippen molar-refractivity contribution >= 4 is 22.8 Å². The van der Waals surface area contributed by atoms with Gasteiger partial charge >= 0.3 is 0 Å². The zero-order valence-electron chi connectivity index (χ0n) is 10.4. The lowest BCUT2D eigenvalue weighted by Gasteiger charge is -2.07. The predicted molar refractivity (Wildman–Crippen MR) is 74.2 cm³/mol. The molecular weight excluding hydrogens is 262 g/mol. The summed E-state index contributed by atoms with van der Waals surface area (Å²) in [6.07, 6.45) is 6.27. The normalized spacial score (nSPS) is 11.2. The number of aryl methyl sites for hydroxylation is 3. The van der Waals surface area contributed by atoms with Crippen LogP contribution >= 0.6 is 11.6 Å². The predicted octanol–water partition coefficient (Wildman–Crippen LogP) is 2.11. The number of rotatable bonds is 5. The summed E-state index contributed by atoms with van der Waals surface area (Å²) in [5, 5.41) is 4.21. The molecule has 0 unspecified atom stereocenters. The van der Waals surface area contributed by atoms with Crippen molar-refractivity contribution in [2.75, 3.05) is 5.88 Å². The van der Waals surface area contributed by atoms with Crippen molar-refractivity contribution in [1.29, 1.82) is 0 Å². The number of halogens is 1. The molecule has 0 aliphatic rings. The molecule has 98 valence electrons. The highest BCUT2D eigenvalue weighted by molar-refractivity contribution is 6.17. The largest absolute Gasteiger partial charge is 0.311 e. The molecule has 3 heterocycles. The molecule has 3 aromatic rings. The van der Waals surface area contributed by atoms with Gasteiger partial charge in [0.1, 0.15) is 11.3 Å². The maximum Gasteiger partial charge on any atom is 0.160 e. The highest BCUT2D eigenvalue weighted by Crippen LogP contribution is 2.14. The van der Waals surface area contributed by atoms with E-state index in [4.69, 9.17) is 11.6 Å². The number of pyridine rings is 1. The van der Waals surface area contributed by atoms with Crippen LogP contribution in [0.4, 0.5) is 0 Å². The van der Waals surface area contributed by atoms with E-state index in [1.165, 1.54) is 0 Å². The fourth-order valence-electron chi connectivity index (χ4n) is 2.15. The lowest BCUT2D eigenvalue weighted by molar-refractivity contribution is 0.528. The molecule has 0 atom stereocenters. The molecule has 0 aliphatic carbocycles. The second-order valence-electron chi connectivity index (χ2n) is 4.23. The Hall–Kier alpha value is -1.88. The van der Waals surface area contributed by atoms with Crippen LogP contribution in [0.5, 0.6) is 0 Å². The fourth-order valence-corrected chi connectivity index (χ4v) is 2.32. The van der Waals surface area contributed by atoms with E-state index in [1.807, 2.05) is 29.1 Å². The van der Waals surface area contributed by atoms with E-state index in [-0.39, 0.29) is 0 Å². The van der Waals surface area contributed by atoms with Gasteiger partial charge in [-0.2, -0.15) is 5.10 Å². The topological polar surface area (TPSA) is 48.5 Å². The average molecular weight is 276 g/mol. The summed E-state index contributed by atoms with van der Waals surface area (Å²) >= 11 is 5.84. The van der Waals surface area contributed by atoms with Crippen LogP contribution in [0.1, 0.15) is 5.82 Å². The molecule has 0 spiro atoms. The van der Waals surface area contributed by atoms with Crippen molar-refractivity contribution in [2.45, 2.75) is 19.5 Å². The van der Waals surface area contributed by atoms with Gasteiger partial charge in [-0.1, -0.05) is 0 Å². The fraction of sp³-hybridized carbons (Fsp3) is 0.308. The molecule has 6 heteroatoms. The lowest BCUT2D eigenvalue weighted by atomic mass is 10.4. The van der Waals surface area contributed by atoms with Crippen molar-refractivity contribution in [2.24, 2.45) is 0 Å². The Balaban J connectivity index is 1.92. The van der Waals surface area contributed by atoms with E-state index in [0.717, 1.165) is 36.5 Å². The summed E-state index contributed by atoms with van der Waals surface area (Å²) in [4.78, 5) is 9.00. The Morgan fingerprint density at radius 3 is 2.89 bits per heavy atom. The lowest BCUT2D eigenvalue weighted by Crippen LogP contribution is -2.11. The number of hydrogen-bond donors (Lipinski definition) is 0. The molecule has 3 rings (SSSR count). The Kier molecular flexibility index (Phi) is 3.46. The number of alkyl halides is 1. The summed E-state index contributed by atoms with van der Waals surface area (Å²) in [6.45, 7) is 1.59. The minimum atomic E-state index is 0.561. The van der Waals surface area contributed by atoms with Gasteiger partial charge in [0.15, 0.2) is 5.65 Å². The van der Waals surface area contributed by atoms with E-state index in [1.54, 1.807) is 12.4 Å². The zero-order valence-corrected chi connectivity index (χ0v) is 11.2. The first-order valence-corrected chi connectivity index (χ1v) is 6.75. The van der Waals surface area contributed by atoms with Crippen LogP contribution in [0.3, 0.4) is 0 Å². The smallest absolute Gasteiger partial charge is 0.160 e. The van der Waals surface area contributed by atoms with Gasteiger partial charge in [-0.3, -0.25) is 4.68 Å². The summed E-state index contributed by atoms with van der Waals surface area (Å²) in [7, 11) is 0. The third-order valence-corrected chi connectivity index (χ3v) is 3.20. The van der Waals surface area contributed by atoms with Gasteiger partial charge in [-0.05, 0) is 18.2 Å². The number of aromatic nitrogens is 5. The van der Waals surface area contributed by atoms with Crippen molar-refractivity contribution in [1.82, 2.24) is 24.3 Å². The first kappa shape index (κ1) is 12.2. The van der Waals surface area contributed by atoms with E-state index in [2.05, 4.69) is 19.6 Å². The third kappa shape index (κ3) is 2.46. The van der Waals surface area contributed by atoms with E-state index < -0.39 is 0 Å². The minimum Gasteiger partial charge on any atom is -0.311 e. The molecule has 0 aliphatic heterocycles. The summed E-state index contributed by atoms with van der Waals surface area (Å²) in [5.74, 6) is 1.54. The maximum absolute atomic E-state index is 5.84. The maximum atomic E-state index is 5.84. The minimum absolute atomic E-state index is 0.561. The van der Waals surface area contributed by atoms with Crippen LogP contribution in [0.15, 0.2) is 36.8 Å². The van der Waals surface area contributed by atoms with Gasteiger partial charge in [-0.15, -0.1) is 11.6 Å².